The average Bonchev–Trinajstić information content (AvgIpc) is 2.15. The summed E-state index contributed by atoms with van der Waals surface area (Å²) in [6.45, 7) is 1.86. The quantitative estimate of drug-likeness (QED) is 0.754. The number of Topliss-reactive ketones (excluding diaryl/α,β-unsaturated/α-hetero) is 1. The number of hydrogen-bond donors (Lipinski definition) is 0. The van der Waals surface area contributed by atoms with E-state index in [9.17, 15) is 9.18 Å². The Morgan fingerprint density at radius 2 is 2.21 bits per heavy atom. The summed E-state index contributed by atoms with van der Waals surface area (Å²) in [5, 5.41) is 0. The Hall–Kier alpha value is -0.700. The Kier molecular flexibility index (Phi) is 2.43. The van der Waals surface area contributed by atoms with Crippen molar-refractivity contribution in [1.82, 2.24) is 0 Å². The second-order valence-electron chi connectivity index (χ2n) is 3.73. The Labute approximate surface area is 90.4 Å². The van der Waals surface area contributed by atoms with Crippen molar-refractivity contribution in [2.45, 2.75) is 19.3 Å². The zero-order valence-corrected chi connectivity index (χ0v) is 9.34. The van der Waals surface area contributed by atoms with Crippen molar-refractivity contribution >= 4 is 21.7 Å². The van der Waals surface area contributed by atoms with Gasteiger partial charge in [-0.2, -0.15) is 0 Å². The summed E-state index contributed by atoms with van der Waals surface area (Å²) in [5.41, 5.74) is 0.667. The summed E-state index contributed by atoms with van der Waals surface area (Å²) in [5.74, 6) is 0.0716. The molecule has 1 aromatic rings. The molecule has 14 heavy (non-hydrogen) atoms. The molecule has 1 aromatic carbocycles. The van der Waals surface area contributed by atoms with E-state index >= 15 is 0 Å². The highest BCUT2D eigenvalue weighted by atomic mass is 79.9. The van der Waals surface area contributed by atoms with Crippen molar-refractivity contribution in [3.8, 4) is 0 Å². The second kappa shape index (κ2) is 3.46. The zero-order chi connectivity index (χ0) is 10.3. The summed E-state index contributed by atoms with van der Waals surface area (Å²) in [6.07, 6.45) is 0.486. The highest BCUT2D eigenvalue weighted by molar-refractivity contribution is 9.10. The first-order valence-electron chi connectivity index (χ1n) is 4.57. The van der Waals surface area contributed by atoms with Crippen LogP contribution in [0, 0.1) is 11.7 Å². The van der Waals surface area contributed by atoms with Crippen molar-refractivity contribution in [2.24, 2.45) is 5.92 Å². The molecule has 0 bridgehead atoms. The fourth-order valence-electron chi connectivity index (χ4n) is 1.82. The molecule has 1 aliphatic carbocycles. The number of carbonyl (C=O) groups is 1. The molecule has 2 rings (SSSR count). The molecule has 0 amide bonds. The van der Waals surface area contributed by atoms with E-state index in [4.69, 9.17) is 0 Å². The van der Waals surface area contributed by atoms with E-state index in [1.54, 1.807) is 6.07 Å². The molecular weight excluding hydrogens is 247 g/mol. The molecule has 0 spiro atoms. The Morgan fingerprint density at radius 1 is 1.50 bits per heavy atom. The van der Waals surface area contributed by atoms with Gasteiger partial charge in [0.1, 0.15) is 11.6 Å². The molecule has 1 fully saturated rings. The van der Waals surface area contributed by atoms with E-state index in [1.165, 1.54) is 6.07 Å². The van der Waals surface area contributed by atoms with Crippen molar-refractivity contribution in [3.63, 3.8) is 0 Å². The topological polar surface area (TPSA) is 17.1 Å². The van der Waals surface area contributed by atoms with E-state index in [1.807, 2.05) is 13.0 Å². The minimum absolute atomic E-state index is 0.0225. The van der Waals surface area contributed by atoms with E-state index in [2.05, 4.69) is 15.9 Å². The summed E-state index contributed by atoms with van der Waals surface area (Å²) in [7, 11) is 0. The van der Waals surface area contributed by atoms with Crippen LogP contribution in [0.4, 0.5) is 4.39 Å². The molecule has 1 aliphatic rings. The van der Waals surface area contributed by atoms with Crippen LogP contribution < -0.4 is 0 Å². The third-order valence-corrected chi connectivity index (χ3v) is 3.39. The minimum atomic E-state index is -0.219. The van der Waals surface area contributed by atoms with E-state index < -0.39 is 0 Å². The molecule has 1 saturated carbocycles. The lowest BCUT2D eigenvalue weighted by Gasteiger charge is -2.32. The fourth-order valence-corrected chi connectivity index (χ4v) is 2.16. The van der Waals surface area contributed by atoms with Gasteiger partial charge in [0.25, 0.3) is 0 Å². The van der Waals surface area contributed by atoms with Gasteiger partial charge in [0, 0.05) is 22.7 Å². The van der Waals surface area contributed by atoms with Gasteiger partial charge < -0.3 is 0 Å². The van der Waals surface area contributed by atoms with Crippen LogP contribution in [0.3, 0.4) is 0 Å². The fraction of sp³-hybridized carbons (Fsp3) is 0.364. The van der Waals surface area contributed by atoms with Crippen molar-refractivity contribution in [2.75, 3.05) is 0 Å². The van der Waals surface area contributed by atoms with Gasteiger partial charge in [0.05, 0.1) is 0 Å². The van der Waals surface area contributed by atoms with E-state index in [0.29, 0.717) is 12.0 Å². The minimum Gasteiger partial charge on any atom is -0.299 e. The van der Waals surface area contributed by atoms with Gasteiger partial charge in [0.15, 0.2) is 0 Å². The van der Waals surface area contributed by atoms with Crippen LogP contribution in [0.5, 0.6) is 0 Å². The Morgan fingerprint density at radius 3 is 2.71 bits per heavy atom. The van der Waals surface area contributed by atoms with Crippen LogP contribution in [0.2, 0.25) is 0 Å². The second-order valence-corrected chi connectivity index (χ2v) is 4.65. The van der Waals surface area contributed by atoms with Gasteiger partial charge >= 0.3 is 0 Å². The first kappa shape index (κ1) is 9.84. The number of carbonyl (C=O) groups excluding carboxylic acids is 1. The summed E-state index contributed by atoms with van der Waals surface area (Å²) in [6, 6.07) is 5.02. The highest BCUT2D eigenvalue weighted by Crippen LogP contribution is 2.40. The van der Waals surface area contributed by atoms with Gasteiger partial charge in [0.2, 0.25) is 0 Å². The molecular formula is C11H10BrFO. The van der Waals surface area contributed by atoms with Gasteiger partial charge in [-0.1, -0.05) is 28.9 Å². The first-order chi connectivity index (χ1) is 6.59. The molecule has 0 radical (unpaired) electrons. The molecule has 1 nitrogen and oxygen atoms in total. The smallest absolute Gasteiger partial charge is 0.136 e. The number of halogens is 2. The van der Waals surface area contributed by atoms with Crippen LogP contribution in [0.15, 0.2) is 22.7 Å². The summed E-state index contributed by atoms with van der Waals surface area (Å²) < 4.78 is 14.2. The number of ketones is 1. The monoisotopic (exact) mass is 256 g/mol. The molecule has 0 heterocycles. The van der Waals surface area contributed by atoms with Gasteiger partial charge in [-0.3, -0.25) is 4.79 Å². The van der Waals surface area contributed by atoms with E-state index in [-0.39, 0.29) is 23.4 Å². The maximum absolute atomic E-state index is 13.5. The molecule has 74 valence electrons. The lowest BCUT2D eigenvalue weighted by atomic mass is 9.70. The maximum Gasteiger partial charge on any atom is 0.136 e. The number of hydrogen-bond acceptors (Lipinski definition) is 1. The predicted octanol–water partition coefficient (Wildman–Crippen LogP) is 3.28. The normalized spacial score (nSPS) is 26.1. The lowest BCUT2D eigenvalue weighted by molar-refractivity contribution is -0.130. The number of benzene rings is 1. The molecule has 0 saturated heterocycles. The largest absolute Gasteiger partial charge is 0.299 e. The predicted molar refractivity (Wildman–Crippen MR) is 55.6 cm³/mol. The third-order valence-electron chi connectivity index (χ3n) is 2.89. The van der Waals surface area contributed by atoms with Crippen LogP contribution in [0.1, 0.15) is 24.8 Å². The van der Waals surface area contributed by atoms with Gasteiger partial charge in [-0.15, -0.1) is 0 Å². The van der Waals surface area contributed by atoms with Crippen LogP contribution in [-0.4, -0.2) is 5.78 Å². The Bertz CT molecular complexity index is 389. The molecule has 0 N–H and O–H groups in total. The molecule has 0 aromatic heterocycles. The molecule has 0 aliphatic heterocycles. The average molecular weight is 257 g/mol. The van der Waals surface area contributed by atoms with Crippen molar-refractivity contribution in [3.05, 3.63) is 34.1 Å². The Balaban J connectivity index is 2.30. The first-order valence-corrected chi connectivity index (χ1v) is 5.36. The van der Waals surface area contributed by atoms with E-state index in [0.717, 1.165) is 4.47 Å². The van der Waals surface area contributed by atoms with Gasteiger partial charge in [-0.05, 0) is 17.7 Å². The summed E-state index contributed by atoms with van der Waals surface area (Å²) in [4.78, 5) is 11.1. The zero-order valence-electron chi connectivity index (χ0n) is 7.76. The molecule has 3 heteroatoms. The van der Waals surface area contributed by atoms with Gasteiger partial charge in [-0.25, -0.2) is 4.39 Å². The van der Waals surface area contributed by atoms with Crippen molar-refractivity contribution < 1.29 is 9.18 Å². The SMILES string of the molecule is CC1C(=O)CC1c1ccc(Br)cc1F. The van der Waals surface area contributed by atoms with Crippen LogP contribution in [0.25, 0.3) is 0 Å². The van der Waals surface area contributed by atoms with Crippen LogP contribution >= 0.6 is 15.9 Å². The molecule has 2 atom stereocenters. The molecule has 2 unspecified atom stereocenters. The standard InChI is InChI=1S/C11H10BrFO/c1-6-9(5-11(6)14)8-3-2-7(12)4-10(8)13/h2-4,6,9H,5H2,1H3. The summed E-state index contributed by atoms with van der Waals surface area (Å²) >= 11 is 3.21. The maximum atomic E-state index is 13.5. The third kappa shape index (κ3) is 1.50. The van der Waals surface area contributed by atoms with Crippen LogP contribution in [-0.2, 0) is 4.79 Å². The highest BCUT2D eigenvalue weighted by Gasteiger charge is 2.38. The van der Waals surface area contributed by atoms with Crippen molar-refractivity contribution in [1.29, 1.82) is 0 Å². The lowest BCUT2D eigenvalue weighted by Crippen LogP contribution is -2.33. The number of rotatable bonds is 1.